The van der Waals surface area contributed by atoms with E-state index in [0.717, 1.165) is 32.6 Å². The van der Waals surface area contributed by atoms with Crippen molar-refractivity contribution in [3.05, 3.63) is 35.9 Å². The lowest BCUT2D eigenvalue weighted by Gasteiger charge is -2.37. The van der Waals surface area contributed by atoms with Gasteiger partial charge in [-0.3, -0.25) is 4.79 Å². The number of hydrogen-bond acceptors (Lipinski definition) is 3. The fourth-order valence-electron chi connectivity index (χ4n) is 3.45. The van der Waals surface area contributed by atoms with Gasteiger partial charge >= 0.3 is 6.09 Å². The highest BCUT2D eigenvalue weighted by atomic mass is 35.5. The second-order valence-electron chi connectivity index (χ2n) is 7.20. The first-order valence-corrected chi connectivity index (χ1v) is 10.1. The van der Waals surface area contributed by atoms with E-state index in [2.05, 4.69) is 29.6 Å². The molecule has 5 nitrogen and oxygen atoms in total. The van der Waals surface area contributed by atoms with E-state index in [1.165, 1.54) is 24.8 Å². The van der Waals surface area contributed by atoms with Gasteiger partial charge in [0.1, 0.15) is 0 Å². The number of halogens is 1. The van der Waals surface area contributed by atoms with Crippen LogP contribution in [0.2, 0.25) is 0 Å². The highest BCUT2D eigenvalue weighted by Crippen LogP contribution is 2.38. The summed E-state index contributed by atoms with van der Waals surface area (Å²) in [6.45, 7) is 3.77. The van der Waals surface area contributed by atoms with E-state index in [1.807, 2.05) is 13.0 Å². The second-order valence-corrected chi connectivity index (χ2v) is 7.69. The highest BCUT2D eigenvalue weighted by Gasteiger charge is 2.33. The van der Waals surface area contributed by atoms with Crippen LogP contribution in [0.25, 0.3) is 0 Å². The number of carboxylic acid groups (broad SMARTS) is 1. The molecule has 1 atom stereocenters. The third-order valence-corrected chi connectivity index (χ3v) is 5.00. The van der Waals surface area contributed by atoms with Gasteiger partial charge < -0.3 is 15.2 Å². The van der Waals surface area contributed by atoms with Crippen LogP contribution in [-0.2, 0) is 16.0 Å². The van der Waals surface area contributed by atoms with Crippen LogP contribution in [0.5, 0.6) is 0 Å². The van der Waals surface area contributed by atoms with E-state index in [4.69, 9.17) is 26.2 Å². The first-order valence-electron chi connectivity index (χ1n) is 9.69. The summed E-state index contributed by atoms with van der Waals surface area (Å²) in [7, 11) is 0. The maximum Gasteiger partial charge on any atom is 0.408 e. The molecule has 1 saturated carbocycles. The molecule has 152 valence electrons. The Morgan fingerprint density at radius 2 is 1.81 bits per heavy atom. The van der Waals surface area contributed by atoms with E-state index in [1.54, 1.807) is 0 Å². The highest BCUT2D eigenvalue weighted by molar-refractivity contribution is 6.20. The van der Waals surface area contributed by atoms with Crippen molar-refractivity contribution >= 4 is 23.7 Å². The van der Waals surface area contributed by atoms with E-state index < -0.39 is 17.6 Å². The number of ether oxygens (including phenoxy) is 1. The Kier molecular flexibility index (Phi) is 10.9. The number of benzene rings is 1. The Morgan fingerprint density at radius 3 is 2.37 bits per heavy atom. The number of hydrogen-bond donors (Lipinski definition) is 2. The topological polar surface area (TPSA) is 75.6 Å². The summed E-state index contributed by atoms with van der Waals surface area (Å²) in [5.74, 6) is -0.833. The summed E-state index contributed by atoms with van der Waals surface area (Å²) in [4.78, 5) is 20.9. The van der Waals surface area contributed by atoms with Crippen LogP contribution in [0.3, 0.4) is 0 Å². The smallest absolute Gasteiger partial charge is 0.408 e. The Morgan fingerprint density at radius 1 is 1.22 bits per heavy atom. The summed E-state index contributed by atoms with van der Waals surface area (Å²) >= 11 is 5.98. The summed E-state index contributed by atoms with van der Waals surface area (Å²) in [5.41, 5.74) is 0.952. The predicted octanol–water partition coefficient (Wildman–Crippen LogP) is 5.36. The molecule has 6 heteroatoms. The molecule has 1 aromatic rings. The predicted molar refractivity (Wildman–Crippen MR) is 108 cm³/mol. The van der Waals surface area contributed by atoms with Crippen LogP contribution < -0.4 is 5.32 Å². The van der Waals surface area contributed by atoms with E-state index >= 15 is 0 Å². The van der Waals surface area contributed by atoms with Gasteiger partial charge in [0.25, 0.3) is 5.97 Å². The zero-order valence-corrected chi connectivity index (χ0v) is 17.1. The van der Waals surface area contributed by atoms with Crippen LogP contribution >= 0.6 is 11.6 Å². The maximum atomic E-state index is 11.9. The molecule has 1 fully saturated rings. The lowest BCUT2D eigenvalue weighted by atomic mass is 9.70. The number of aliphatic carboxylic acids is 1. The molecule has 1 aliphatic carbocycles. The van der Waals surface area contributed by atoms with Gasteiger partial charge in [0.15, 0.2) is 5.56 Å². The zero-order chi connectivity index (χ0) is 20.1. The third-order valence-electron chi connectivity index (χ3n) is 4.69. The number of nitrogens with one attached hydrogen (secondary N) is 1. The van der Waals surface area contributed by atoms with Gasteiger partial charge in [-0.15, -0.1) is 0 Å². The molecule has 0 aliphatic heterocycles. The van der Waals surface area contributed by atoms with E-state index in [0.29, 0.717) is 13.0 Å². The number of alkyl halides is 1. The van der Waals surface area contributed by atoms with Crippen molar-refractivity contribution in [1.29, 1.82) is 0 Å². The molecule has 1 aromatic carbocycles. The number of alkyl carbamates (subject to hydrolysis) is 1. The summed E-state index contributed by atoms with van der Waals surface area (Å²) < 4.78 is 5.19. The van der Waals surface area contributed by atoms with Crippen molar-refractivity contribution in [2.24, 2.45) is 5.41 Å². The largest absolute Gasteiger partial charge is 0.481 e. The minimum Gasteiger partial charge on any atom is -0.481 e. The summed E-state index contributed by atoms with van der Waals surface area (Å²) in [6, 6.07) is 10.5. The second kappa shape index (κ2) is 12.6. The number of carbonyl (C=O) groups excluding carboxylic acids is 1. The molecule has 0 aromatic heterocycles. The van der Waals surface area contributed by atoms with Gasteiger partial charge in [-0.05, 0) is 36.7 Å². The van der Waals surface area contributed by atoms with Gasteiger partial charge in [0.2, 0.25) is 0 Å². The van der Waals surface area contributed by atoms with Crippen LogP contribution in [0.1, 0.15) is 64.4 Å². The molecule has 27 heavy (non-hydrogen) atoms. The molecule has 1 unspecified atom stereocenters. The van der Waals surface area contributed by atoms with E-state index in [9.17, 15) is 4.79 Å². The third kappa shape index (κ3) is 10.2. The molecule has 0 saturated heterocycles. The normalized spacial score (nSPS) is 16.4. The standard InChI is InChI=1S/C19H28ClNO2.C2H4O2/c1-2-9-17(20)23-18(22)21-15-19(12-7-4-8-13-19)14-16-10-5-3-6-11-16;1-2(3)4/h3,5-6,10-11,17H,2,4,7-9,12-15H2,1H3,(H,21,22);1H3,(H,3,4). The Bertz CT molecular complexity index is 555. The van der Waals surface area contributed by atoms with Gasteiger partial charge in [-0.2, -0.15) is 0 Å². The molecule has 0 radical (unpaired) electrons. The fraction of sp³-hybridized carbons (Fsp3) is 0.619. The number of amides is 1. The number of rotatable bonds is 7. The zero-order valence-electron chi connectivity index (χ0n) is 16.4. The fourth-order valence-corrected chi connectivity index (χ4v) is 3.75. The quantitative estimate of drug-likeness (QED) is 0.607. The maximum absolute atomic E-state index is 11.9. The summed E-state index contributed by atoms with van der Waals surface area (Å²) in [5, 5.41) is 10.4. The minimum absolute atomic E-state index is 0.144. The number of carboxylic acids is 1. The van der Waals surface area contributed by atoms with Crippen molar-refractivity contribution in [2.75, 3.05) is 6.54 Å². The van der Waals surface area contributed by atoms with Gasteiger partial charge in [0, 0.05) is 13.5 Å². The first kappa shape index (κ1) is 23.3. The van der Waals surface area contributed by atoms with Crippen LogP contribution in [0.15, 0.2) is 30.3 Å². The van der Waals surface area contributed by atoms with Crippen LogP contribution in [-0.4, -0.2) is 29.3 Å². The lowest BCUT2D eigenvalue weighted by molar-refractivity contribution is -0.134. The van der Waals surface area contributed by atoms with Crippen LogP contribution in [0.4, 0.5) is 4.79 Å². The molecule has 2 N–H and O–H groups in total. The number of carbonyl (C=O) groups is 2. The average molecular weight is 398 g/mol. The van der Waals surface area contributed by atoms with E-state index in [-0.39, 0.29) is 5.41 Å². The van der Waals surface area contributed by atoms with Crippen molar-refractivity contribution < 1.29 is 19.4 Å². The molecule has 0 heterocycles. The van der Waals surface area contributed by atoms with Crippen molar-refractivity contribution in [2.45, 2.75) is 70.8 Å². The summed E-state index contributed by atoms with van der Waals surface area (Å²) in [6.07, 6.45) is 8.27. The Labute approximate surface area is 167 Å². The average Bonchev–Trinajstić information content (AvgIpc) is 2.61. The molecule has 0 spiro atoms. The van der Waals surface area contributed by atoms with Crippen LogP contribution in [0, 0.1) is 5.41 Å². The lowest BCUT2D eigenvalue weighted by Crippen LogP contribution is -2.41. The minimum atomic E-state index is -0.833. The molecule has 2 rings (SSSR count). The SMILES string of the molecule is CC(=O)O.CCCC(Cl)OC(=O)NCC1(Cc2ccccc2)CCCCC1. The molecule has 1 amide bonds. The molecular formula is C21H32ClNO4. The molecular weight excluding hydrogens is 366 g/mol. The van der Waals surface area contributed by atoms with Crippen molar-refractivity contribution in [3.63, 3.8) is 0 Å². The first-order chi connectivity index (χ1) is 12.9. The van der Waals surface area contributed by atoms with Gasteiger partial charge in [-0.25, -0.2) is 4.79 Å². The van der Waals surface area contributed by atoms with Gasteiger partial charge in [-0.1, -0.05) is 74.5 Å². The Balaban J connectivity index is 0.000000828. The van der Waals surface area contributed by atoms with Crippen molar-refractivity contribution in [1.82, 2.24) is 5.32 Å². The monoisotopic (exact) mass is 397 g/mol. The molecule has 1 aliphatic rings. The molecule has 0 bridgehead atoms. The van der Waals surface area contributed by atoms with Gasteiger partial charge in [0.05, 0.1) is 0 Å². The Hall–Kier alpha value is -1.75. The van der Waals surface area contributed by atoms with Crippen molar-refractivity contribution in [3.8, 4) is 0 Å².